The Kier molecular flexibility index (Phi) is 5.68. The Bertz CT molecular complexity index is 609. The molecule has 0 radical (unpaired) electrons. The van der Waals surface area contributed by atoms with Crippen LogP contribution in [0, 0.1) is 0 Å². The lowest BCUT2D eigenvalue weighted by atomic mass is 10.2. The van der Waals surface area contributed by atoms with Gasteiger partial charge in [-0.3, -0.25) is 0 Å². The van der Waals surface area contributed by atoms with Crippen molar-refractivity contribution in [3.8, 4) is 5.75 Å². The molecule has 1 atom stereocenters. The number of sulfonamides is 1. The SMILES string of the molecule is CCOc1ccc(S(=O)(=O)N[C@@H](CC(=O)[O-])C(=O)[O-])cc1. The Morgan fingerprint density at radius 1 is 1.24 bits per heavy atom. The molecule has 0 heterocycles. The summed E-state index contributed by atoms with van der Waals surface area (Å²) in [6.07, 6.45) is -1.03. The average molecular weight is 315 g/mol. The first kappa shape index (κ1) is 16.9. The molecule has 0 saturated heterocycles. The van der Waals surface area contributed by atoms with E-state index < -0.39 is 34.4 Å². The van der Waals surface area contributed by atoms with Crippen molar-refractivity contribution >= 4 is 22.0 Å². The first-order valence-corrected chi connectivity index (χ1v) is 7.40. The van der Waals surface area contributed by atoms with Gasteiger partial charge in [0, 0.05) is 12.4 Å². The van der Waals surface area contributed by atoms with Crippen molar-refractivity contribution in [1.29, 1.82) is 0 Å². The molecule has 1 aromatic carbocycles. The molecule has 0 aromatic heterocycles. The fraction of sp³-hybridized carbons (Fsp3) is 0.333. The summed E-state index contributed by atoms with van der Waals surface area (Å²) in [5.74, 6) is -3.12. The van der Waals surface area contributed by atoms with Crippen molar-refractivity contribution in [1.82, 2.24) is 4.72 Å². The second kappa shape index (κ2) is 7.04. The highest BCUT2D eigenvalue weighted by Crippen LogP contribution is 2.16. The van der Waals surface area contributed by atoms with E-state index in [4.69, 9.17) is 4.74 Å². The van der Waals surface area contributed by atoms with Crippen LogP contribution in [0.2, 0.25) is 0 Å². The van der Waals surface area contributed by atoms with Gasteiger partial charge in [-0.05, 0) is 31.2 Å². The number of carbonyl (C=O) groups excluding carboxylic acids is 2. The summed E-state index contributed by atoms with van der Waals surface area (Å²) >= 11 is 0. The predicted molar refractivity (Wildman–Crippen MR) is 66.4 cm³/mol. The van der Waals surface area contributed by atoms with E-state index in [1.165, 1.54) is 24.3 Å². The molecular weight excluding hydrogens is 302 g/mol. The van der Waals surface area contributed by atoms with E-state index in [0.29, 0.717) is 12.4 Å². The standard InChI is InChI=1S/C12H15NO7S/c1-2-20-8-3-5-9(6-4-8)21(18,19)13-10(12(16)17)7-11(14)15/h3-6,10,13H,2,7H2,1H3,(H,14,15)(H,16,17)/p-2/t10-/m0/s1. The van der Waals surface area contributed by atoms with Crippen molar-refractivity contribution in [2.24, 2.45) is 0 Å². The minimum Gasteiger partial charge on any atom is -0.550 e. The Balaban J connectivity index is 2.93. The number of carboxylic acid groups (broad SMARTS) is 2. The molecule has 0 amide bonds. The lowest BCUT2D eigenvalue weighted by molar-refractivity contribution is -0.317. The second-order valence-corrected chi connectivity index (χ2v) is 5.69. The third-order valence-electron chi connectivity index (χ3n) is 2.40. The number of hydrogen-bond acceptors (Lipinski definition) is 7. The summed E-state index contributed by atoms with van der Waals surface area (Å²) in [4.78, 5) is 20.9. The van der Waals surface area contributed by atoms with Crippen LogP contribution >= 0.6 is 0 Å². The van der Waals surface area contributed by atoms with Crippen molar-refractivity contribution in [3.05, 3.63) is 24.3 Å². The molecule has 0 aliphatic heterocycles. The van der Waals surface area contributed by atoms with Crippen molar-refractivity contribution < 1.29 is 33.0 Å². The average Bonchev–Trinajstić information content (AvgIpc) is 2.38. The molecule has 0 bridgehead atoms. The number of nitrogens with one attached hydrogen (secondary N) is 1. The first-order chi connectivity index (χ1) is 9.76. The molecule has 0 aliphatic carbocycles. The van der Waals surface area contributed by atoms with Crippen LogP contribution < -0.4 is 19.7 Å². The molecule has 9 heteroatoms. The molecule has 1 N–H and O–H groups in total. The zero-order chi connectivity index (χ0) is 16.0. The number of carboxylic acids is 2. The highest BCUT2D eigenvalue weighted by Gasteiger charge is 2.21. The molecule has 0 saturated carbocycles. The van der Waals surface area contributed by atoms with Gasteiger partial charge in [-0.2, -0.15) is 0 Å². The molecule has 1 rings (SSSR count). The molecule has 116 valence electrons. The second-order valence-electron chi connectivity index (χ2n) is 3.97. The number of rotatable bonds is 8. The van der Waals surface area contributed by atoms with Gasteiger partial charge in [-0.25, -0.2) is 13.1 Å². The molecule has 21 heavy (non-hydrogen) atoms. The van der Waals surface area contributed by atoms with Gasteiger partial charge in [0.05, 0.1) is 23.5 Å². The Morgan fingerprint density at radius 3 is 2.24 bits per heavy atom. The van der Waals surface area contributed by atoms with Gasteiger partial charge < -0.3 is 24.5 Å². The maximum absolute atomic E-state index is 11.9. The largest absolute Gasteiger partial charge is 0.550 e. The van der Waals surface area contributed by atoms with Gasteiger partial charge in [-0.1, -0.05) is 0 Å². The Labute approximate surface area is 121 Å². The van der Waals surface area contributed by atoms with E-state index in [1.54, 1.807) is 11.6 Å². The molecule has 1 aromatic rings. The maximum atomic E-state index is 11.9. The minimum atomic E-state index is -4.20. The summed E-state index contributed by atoms with van der Waals surface area (Å²) in [5.41, 5.74) is 0. The van der Waals surface area contributed by atoms with Gasteiger partial charge in [0.1, 0.15) is 5.75 Å². The fourth-order valence-corrected chi connectivity index (χ4v) is 2.66. The summed E-state index contributed by atoms with van der Waals surface area (Å²) in [6, 6.07) is 3.29. The summed E-state index contributed by atoms with van der Waals surface area (Å²) in [7, 11) is -4.20. The van der Waals surface area contributed by atoms with Gasteiger partial charge in [0.2, 0.25) is 10.0 Å². The summed E-state index contributed by atoms with van der Waals surface area (Å²) < 4.78 is 30.8. The number of aliphatic carboxylic acids is 2. The first-order valence-electron chi connectivity index (χ1n) is 5.92. The van der Waals surface area contributed by atoms with E-state index in [-0.39, 0.29) is 4.90 Å². The summed E-state index contributed by atoms with van der Waals surface area (Å²) in [5, 5.41) is 21.1. The van der Waals surface area contributed by atoms with Crippen LogP contribution in [0.1, 0.15) is 13.3 Å². The van der Waals surface area contributed by atoms with Crippen LogP contribution in [0.3, 0.4) is 0 Å². The van der Waals surface area contributed by atoms with E-state index in [1.807, 2.05) is 0 Å². The van der Waals surface area contributed by atoms with Crippen LogP contribution in [0.15, 0.2) is 29.2 Å². The highest BCUT2D eigenvalue weighted by molar-refractivity contribution is 7.89. The van der Waals surface area contributed by atoms with Crippen LogP contribution in [0.5, 0.6) is 5.75 Å². The Hall–Kier alpha value is -2.13. The molecule has 0 spiro atoms. The van der Waals surface area contributed by atoms with Crippen LogP contribution in [0.4, 0.5) is 0 Å². The maximum Gasteiger partial charge on any atom is 0.241 e. The normalized spacial score (nSPS) is 12.6. The molecule has 0 aliphatic rings. The zero-order valence-corrected chi connectivity index (χ0v) is 11.9. The third kappa shape index (κ3) is 5.04. The summed E-state index contributed by atoms with van der Waals surface area (Å²) in [6.45, 7) is 2.17. The van der Waals surface area contributed by atoms with Gasteiger partial charge in [0.25, 0.3) is 0 Å². The topological polar surface area (TPSA) is 136 Å². The fourth-order valence-electron chi connectivity index (χ4n) is 1.48. The molecular formula is C12H13NO7S-2. The third-order valence-corrected chi connectivity index (χ3v) is 3.89. The number of ether oxygens (including phenoxy) is 1. The lowest BCUT2D eigenvalue weighted by Gasteiger charge is -2.20. The van der Waals surface area contributed by atoms with E-state index in [2.05, 4.69) is 0 Å². The number of carbonyl (C=O) groups is 2. The van der Waals surface area contributed by atoms with E-state index in [0.717, 1.165) is 0 Å². The predicted octanol–water partition coefficient (Wildman–Crippen LogP) is -2.38. The van der Waals surface area contributed by atoms with Crippen molar-refractivity contribution in [2.45, 2.75) is 24.3 Å². The van der Waals surface area contributed by atoms with Crippen molar-refractivity contribution in [3.63, 3.8) is 0 Å². The monoisotopic (exact) mass is 315 g/mol. The van der Waals surface area contributed by atoms with Gasteiger partial charge in [0.15, 0.2) is 0 Å². The molecule has 0 fully saturated rings. The lowest BCUT2D eigenvalue weighted by Crippen LogP contribution is -2.50. The van der Waals surface area contributed by atoms with Crippen LogP contribution in [0.25, 0.3) is 0 Å². The smallest absolute Gasteiger partial charge is 0.241 e. The molecule has 8 nitrogen and oxygen atoms in total. The highest BCUT2D eigenvalue weighted by atomic mass is 32.2. The minimum absolute atomic E-state index is 0.226. The quantitative estimate of drug-likeness (QED) is 0.566. The molecule has 0 unspecified atom stereocenters. The van der Waals surface area contributed by atoms with Crippen LogP contribution in [-0.2, 0) is 19.6 Å². The zero-order valence-electron chi connectivity index (χ0n) is 11.1. The van der Waals surface area contributed by atoms with E-state index >= 15 is 0 Å². The van der Waals surface area contributed by atoms with Gasteiger partial charge >= 0.3 is 0 Å². The van der Waals surface area contributed by atoms with Gasteiger partial charge in [-0.15, -0.1) is 0 Å². The number of hydrogen-bond donors (Lipinski definition) is 1. The Morgan fingerprint density at radius 2 is 1.81 bits per heavy atom. The number of benzene rings is 1. The van der Waals surface area contributed by atoms with E-state index in [9.17, 15) is 28.2 Å². The van der Waals surface area contributed by atoms with Crippen molar-refractivity contribution in [2.75, 3.05) is 6.61 Å². The van der Waals surface area contributed by atoms with Crippen LogP contribution in [-0.4, -0.2) is 33.0 Å².